The van der Waals surface area contributed by atoms with E-state index >= 15 is 0 Å². The van der Waals surface area contributed by atoms with Crippen LogP contribution >= 0.6 is 15.9 Å². The van der Waals surface area contributed by atoms with Crippen LogP contribution in [0.1, 0.15) is 16.3 Å². The maximum atomic E-state index is 10.5. The van der Waals surface area contributed by atoms with Crippen molar-refractivity contribution in [2.75, 3.05) is 0 Å². The lowest BCUT2D eigenvalue weighted by molar-refractivity contribution is 0.111. The summed E-state index contributed by atoms with van der Waals surface area (Å²) in [6, 6.07) is 3.81. The van der Waals surface area contributed by atoms with Gasteiger partial charge in [-0.05, 0) is 35.0 Å². The fourth-order valence-electron chi connectivity index (χ4n) is 1.22. The van der Waals surface area contributed by atoms with E-state index in [1.165, 1.54) is 0 Å². The van der Waals surface area contributed by atoms with Crippen molar-refractivity contribution in [2.24, 2.45) is 0 Å². The van der Waals surface area contributed by atoms with E-state index in [0.29, 0.717) is 22.4 Å². The molecule has 0 unspecified atom stereocenters. The maximum absolute atomic E-state index is 10.5. The molecule has 0 aliphatic carbocycles. The third kappa shape index (κ3) is 1.97. The van der Waals surface area contributed by atoms with Crippen LogP contribution in [0.25, 0.3) is 11.3 Å². The molecule has 2 aromatic rings. The Hall–Kier alpha value is -1.49. The van der Waals surface area contributed by atoms with Gasteiger partial charge in [-0.2, -0.15) is 0 Å². The maximum Gasteiger partial charge on any atom is 0.185 e. The number of hydrogen-bond acceptors (Lipinski definition) is 3. The van der Waals surface area contributed by atoms with E-state index in [1.54, 1.807) is 6.20 Å². The Kier molecular flexibility index (Phi) is 2.64. The Morgan fingerprint density at radius 1 is 1.47 bits per heavy atom. The zero-order valence-corrected chi connectivity index (χ0v) is 9.58. The normalized spacial score (nSPS) is 10.3. The molecular weight excluding hydrogens is 258 g/mol. The van der Waals surface area contributed by atoms with Crippen molar-refractivity contribution in [1.82, 2.24) is 15.0 Å². The van der Waals surface area contributed by atoms with E-state index in [1.807, 2.05) is 19.1 Å². The fraction of sp³-hybridized carbons (Fsp3) is 0.100. The minimum Gasteiger partial charge on any atom is -0.330 e. The van der Waals surface area contributed by atoms with E-state index in [-0.39, 0.29) is 0 Å². The zero-order chi connectivity index (χ0) is 10.8. The van der Waals surface area contributed by atoms with Crippen molar-refractivity contribution in [3.8, 4) is 11.3 Å². The number of halogens is 1. The van der Waals surface area contributed by atoms with Crippen LogP contribution in [0.3, 0.4) is 0 Å². The van der Waals surface area contributed by atoms with E-state index in [2.05, 4.69) is 30.9 Å². The number of pyridine rings is 1. The van der Waals surface area contributed by atoms with Crippen LogP contribution < -0.4 is 0 Å². The molecule has 0 bridgehead atoms. The highest BCUT2D eigenvalue weighted by Crippen LogP contribution is 2.24. The number of carbonyl (C=O) groups excluding carboxylic acids is 1. The van der Waals surface area contributed by atoms with Gasteiger partial charge in [-0.15, -0.1) is 0 Å². The summed E-state index contributed by atoms with van der Waals surface area (Å²) in [6.07, 6.45) is 2.40. The van der Waals surface area contributed by atoms with Gasteiger partial charge in [0.25, 0.3) is 0 Å². The average molecular weight is 266 g/mol. The molecule has 2 rings (SSSR count). The van der Waals surface area contributed by atoms with Gasteiger partial charge in [-0.25, -0.2) is 4.98 Å². The van der Waals surface area contributed by atoms with Crippen molar-refractivity contribution in [3.63, 3.8) is 0 Å². The molecule has 1 N–H and O–H groups in total. The van der Waals surface area contributed by atoms with Crippen molar-refractivity contribution < 1.29 is 4.79 Å². The van der Waals surface area contributed by atoms with Gasteiger partial charge in [0.15, 0.2) is 12.1 Å². The predicted molar refractivity (Wildman–Crippen MR) is 59.6 cm³/mol. The van der Waals surface area contributed by atoms with Crippen LogP contribution in [0, 0.1) is 6.92 Å². The molecule has 76 valence electrons. The Morgan fingerprint density at radius 2 is 2.27 bits per heavy atom. The SMILES string of the molecule is Cc1ccc(-c2nc(C=O)[nH]c2Br)cn1. The number of aldehydes is 1. The number of aromatic nitrogens is 3. The van der Waals surface area contributed by atoms with Crippen LogP contribution in [0.4, 0.5) is 0 Å². The molecular formula is C10H8BrN3O. The Morgan fingerprint density at radius 3 is 2.80 bits per heavy atom. The molecule has 0 fully saturated rings. The molecule has 15 heavy (non-hydrogen) atoms. The van der Waals surface area contributed by atoms with Crippen molar-refractivity contribution in [2.45, 2.75) is 6.92 Å². The van der Waals surface area contributed by atoms with E-state index in [4.69, 9.17) is 0 Å². The van der Waals surface area contributed by atoms with Crippen LogP contribution in [0.15, 0.2) is 22.9 Å². The van der Waals surface area contributed by atoms with Gasteiger partial charge in [0.05, 0.1) is 0 Å². The van der Waals surface area contributed by atoms with Crippen molar-refractivity contribution in [1.29, 1.82) is 0 Å². The molecule has 0 saturated carbocycles. The molecule has 0 atom stereocenters. The average Bonchev–Trinajstić information content (AvgIpc) is 2.61. The lowest BCUT2D eigenvalue weighted by Gasteiger charge is -1.97. The van der Waals surface area contributed by atoms with E-state index < -0.39 is 0 Å². The number of aryl methyl sites for hydroxylation is 1. The molecule has 0 amide bonds. The van der Waals surface area contributed by atoms with Crippen LogP contribution in [-0.4, -0.2) is 21.2 Å². The number of nitrogens with one attached hydrogen (secondary N) is 1. The van der Waals surface area contributed by atoms with Gasteiger partial charge < -0.3 is 4.98 Å². The number of H-pyrrole nitrogens is 1. The summed E-state index contributed by atoms with van der Waals surface area (Å²) >= 11 is 3.31. The standard InChI is InChI=1S/C10H8BrN3O/c1-6-2-3-7(4-12-6)9-10(11)14-8(5-15)13-9/h2-5H,1H3,(H,13,14). The Balaban J connectivity index is 2.48. The first-order valence-corrected chi connectivity index (χ1v) is 5.13. The smallest absolute Gasteiger partial charge is 0.185 e. The number of hydrogen-bond donors (Lipinski definition) is 1. The van der Waals surface area contributed by atoms with Crippen LogP contribution in [0.2, 0.25) is 0 Å². The topological polar surface area (TPSA) is 58.6 Å². The van der Waals surface area contributed by atoms with E-state index in [9.17, 15) is 4.79 Å². The van der Waals surface area contributed by atoms with Gasteiger partial charge >= 0.3 is 0 Å². The highest BCUT2D eigenvalue weighted by Gasteiger charge is 2.09. The highest BCUT2D eigenvalue weighted by molar-refractivity contribution is 9.10. The van der Waals surface area contributed by atoms with Gasteiger partial charge in [0, 0.05) is 17.5 Å². The second-order valence-corrected chi connectivity index (χ2v) is 3.88. The molecule has 2 heterocycles. The summed E-state index contributed by atoms with van der Waals surface area (Å²) in [5, 5.41) is 0. The molecule has 2 aromatic heterocycles. The summed E-state index contributed by atoms with van der Waals surface area (Å²) in [5.41, 5.74) is 2.52. The second-order valence-electron chi connectivity index (χ2n) is 3.09. The minimum atomic E-state index is 0.303. The molecule has 0 saturated heterocycles. The third-order valence-corrected chi connectivity index (χ3v) is 2.55. The largest absolute Gasteiger partial charge is 0.330 e. The van der Waals surface area contributed by atoms with E-state index in [0.717, 1.165) is 11.3 Å². The number of nitrogens with zero attached hydrogens (tertiary/aromatic N) is 2. The van der Waals surface area contributed by atoms with Gasteiger partial charge in [-0.3, -0.25) is 9.78 Å². The summed E-state index contributed by atoms with van der Waals surface area (Å²) in [7, 11) is 0. The monoisotopic (exact) mass is 265 g/mol. The quantitative estimate of drug-likeness (QED) is 0.849. The van der Waals surface area contributed by atoms with Gasteiger partial charge in [0.2, 0.25) is 0 Å². The van der Waals surface area contributed by atoms with Gasteiger partial charge in [0.1, 0.15) is 10.3 Å². The molecule has 5 heteroatoms. The molecule has 4 nitrogen and oxygen atoms in total. The predicted octanol–water partition coefficient (Wildman–Crippen LogP) is 2.36. The zero-order valence-electron chi connectivity index (χ0n) is 7.99. The van der Waals surface area contributed by atoms with Gasteiger partial charge in [-0.1, -0.05) is 0 Å². The molecule has 0 radical (unpaired) electrons. The first-order chi connectivity index (χ1) is 7.20. The summed E-state index contributed by atoms with van der Waals surface area (Å²) < 4.78 is 0.690. The molecule has 0 aliphatic heterocycles. The lowest BCUT2D eigenvalue weighted by atomic mass is 10.2. The Labute approximate surface area is 94.9 Å². The van der Waals surface area contributed by atoms with Crippen LogP contribution in [-0.2, 0) is 0 Å². The fourth-order valence-corrected chi connectivity index (χ4v) is 1.74. The highest BCUT2D eigenvalue weighted by atomic mass is 79.9. The van der Waals surface area contributed by atoms with Crippen molar-refractivity contribution in [3.05, 3.63) is 34.5 Å². The summed E-state index contributed by atoms with van der Waals surface area (Å²) in [5.74, 6) is 0.303. The summed E-state index contributed by atoms with van der Waals surface area (Å²) in [6.45, 7) is 1.92. The number of rotatable bonds is 2. The lowest BCUT2D eigenvalue weighted by Crippen LogP contribution is -1.84. The second kappa shape index (κ2) is 3.94. The minimum absolute atomic E-state index is 0.303. The van der Waals surface area contributed by atoms with Crippen molar-refractivity contribution >= 4 is 22.2 Å². The van der Waals surface area contributed by atoms with Crippen LogP contribution in [0.5, 0.6) is 0 Å². The first kappa shape index (κ1) is 10.0. The summed E-state index contributed by atoms with van der Waals surface area (Å²) in [4.78, 5) is 21.6. The first-order valence-electron chi connectivity index (χ1n) is 4.34. The molecule has 0 spiro atoms. The number of imidazole rings is 1. The Bertz CT molecular complexity index is 490. The molecule has 0 aliphatic rings. The molecule has 0 aromatic carbocycles. The third-order valence-electron chi connectivity index (χ3n) is 1.97. The number of aromatic amines is 1. The number of carbonyl (C=O) groups is 1.